The molecule has 0 radical (unpaired) electrons. The number of nitrogens with zero attached hydrogens (tertiary/aromatic N) is 2. The van der Waals surface area contributed by atoms with E-state index in [2.05, 4.69) is 5.32 Å². The van der Waals surface area contributed by atoms with Gasteiger partial charge in [0.1, 0.15) is 0 Å². The molecule has 0 bridgehead atoms. The van der Waals surface area contributed by atoms with Crippen molar-refractivity contribution in [3.8, 4) is 0 Å². The molecule has 2 heterocycles. The number of likely N-dealkylation sites (tertiary alicyclic amines) is 1. The van der Waals surface area contributed by atoms with Crippen molar-refractivity contribution in [3.05, 3.63) is 0 Å². The zero-order valence-electron chi connectivity index (χ0n) is 15.2. The maximum atomic E-state index is 12.7. The van der Waals surface area contributed by atoms with Gasteiger partial charge in [0.15, 0.2) is 0 Å². The summed E-state index contributed by atoms with van der Waals surface area (Å²) in [7, 11) is 0. The molecule has 2 aliphatic heterocycles. The van der Waals surface area contributed by atoms with E-state index in [1.165, 1.54) is 0 Å². The maximum absolute atomic E-state index is 12.7. The molecule has 2 saturated heterocycles. The predicted molar refractivity (Wildman–Crippen MR) is 93.5 cm³/mol. The number of hydrogen-bond acceptors (Lipinski definition) is 4. The first-order chi connectivity index (χ1) is 12.1. The zero-order chi connectivity index (χ0) is 17.8. The number of urea groups is 1. The molecule has 0 aromatic rings. The molecule has 7 nitrogen and oxygen atoms in total. The van der Waals surface area contributed by atoms with Crippen LogP contribution in [0.2, 0.25) is 0 Å². The van der Waals surface area contributed by atoms with E-state index < -0.39 is 5.97 Å². The normalized spacial score (nSPS) is 30.3. The Balaban J connectivity index is 1.45. The molecule has 3 aliphatic rings. The van der Waals surface area contributed by atoms with E-state index in [-0.39, 0.29) is 24.7 Å². The molecule has 2 amide bonds. The number of carbonyl (C=O) groups excluding carboxylic acids is 1. The van der Waals surface area contributed by atoms with Crippen LogP contribution in [0.1, 0.15) is 45.4 Å². The van der Waals surface area contributed by atoms with E-state index >= 15 is 0 Å². The highest BCUT2D eigenvalue weighted by molar-refractivity contribution is 5.75. The van der Waals surface area contributed by atoms with Gasteiger partial charge >= 0.3 is 12.0 Å². The van der Waals surface area contributed by atoms with Crippen molar-refractivity contribution in [2.75, 3.05) is 32.8 Å². The monoisotopic (exact) mass is 353 g/mol. The summed E-state index contributed by atoms with van der Waals surface area (Å²) in [5, 5.41) is 12.1. The van der Waals surface area contributed by atoms with E-state index in [1.54, 1.807) is 0 Å². The van der Waals surface area contributed by atoms with Gasteiger partial charge in [0.2, 0.25) is 0 Å². The molecule has 1 aliphatic carbocycles. The number of likely N-dealkylation sites (N-methyl/N-ethyl adjacent to an activating group) is 1. The number of hydrogen-bond donors (Lipinski definition) is 2. The van der Waals surface area contributed by atoms with Crippen LogP contribution in [0, 0.1) is 5.92 Å². The van der Waals surface area contributed by atoms with Crippen LogP contribution in [0.5, 0.6) is 0 Å². The van der Waals surface area contributed by atoms with Gasteiger partial charge in [-0.1, -0.05) is 6.92 Å². The Kier molecular flexibility index (Phi) is 6.17. The van der Waals surface area contributed by atoms with Crippen molar-refractivity contribution in [1.29, 1.82) is 0 Å². The number of amides is 2. The van der Waals surface area contributed by atoms with Crippen LogP contribution in [0.3, 0.4) is 0 Å². The third-order valence-corrected chi connectivity index (χ3v) is 6.07. The lowest BCUT2D eigenvalue weighted by molar-refractivity contribution is -0.139. The van der Waals surface area contributed by atoms with Crippen LogP contribution >= 0.6 is 0 Å². The molecule has 1 atom stereocenters. The summed E-state index contributed by atoms with van der Waals surface area (Å²) in [4.78, 5) is 27.6. The Labute approximate surface area is 149 Å². The van der Waals surface area contributed by atoms with Crippen LogP contribution in [-0.4, -0.2) is 77.9 Å². The molecule has 1 unspecified atom stereocenters. The number of carboxylic acid groups (broad SMARTS) is 1. The number of carbonyl (C=O) groups is 2. The Bertz CT molecular complexity index is 475. The first-order valence-electron chi connectivity index (χ1n) is 9.69. The number of ether oxygens (including phenoxy) is 1. The van der Waals surface area contributed by atoms with Crippen molar-refractivity contribution >= 4 is 12.0 Å². The van der Waals surface area contributed by atoms with Crippen LogP contribution in [-0.2, 0) is 9.53 Å². The Hall–Kier alpha value is -1.34. The Morgan fingerprint density at radius 3 is 2.60 bits per heavy atom. The fourth-order valence-corrected chi connectivity index (χ4v) is 4.57. The largest absolute Gasteiger partial charge is 0.480 e. The standard InChI is InChI=1S/C18H31N3O4/c1-2-20(12-17(22)23)15-10-14(11-15)19-18(24)21-7-3-4-16(21)13-5-8-25-9-6-13/h13-16H,2-12H2,1H3,(H,19,24)(H,22,23). The lowest BCUT2D eigenvalue weighted by atomic mass is 9.85. The molecule has 25 heavy (non-hydrogen) atoms. The van der Waals surface area contributed by atoms with Crippen molar-refractivity contribution in [2.24, 2.45) is 5.92 Å². The van der Waals surface area contributed by atoms with E-state index in [1.807, 2.05) is 16.7 Å². The van der Waals surface area contributed by atoms with Crippen molar-refractivity contribution in [2.45, 2.75) is 63.6 Å². The highest BCUT2D eigenvalue weighted by Gasteiger charge is 2.39. The minimum Gasteiger partial charge on any atom is -0.480 e. The summed E-state index contributed by atoms with van der Waals surface area (Å²) >= 11 is 0. The van der Waals surface area contributed by atoms with E-state index in [0.717, 1.165) is 64.8 Å². The van der Waals surface area contributed by atoms with Crippen molar-refractivity contribution in [1.82, 2.24) is 15.1 Å². The second-order valence-corrected chi connectivity index (χ2v) is 7.58. The second-order valence-electron chi connectivity index (χ2n) is 7.58. The Morgan fingerprint density at radius 1 is 1.24 bits per heavy atom. The third-order valence-electron chi connectivity index (χ3n) is 6.07. The first-order valence-corrected chi connectivity index (χ1v) is 9.69. The highest BCUT2D eigenvalue weighted by atomic mass is 16.5. The number of aliphatic carboxylic acids is 1. The number of carboxylic acids is 1. The third kappa shape index (κ3) is 4.44. The molecule has 0 aromatic carbocycles. The van der Waals surface area contributed by atoms with Gasteiger partial charge in [0.05, 0.1) is 6.54 Å². The fourth-order valence-electron chi connectivity index (χ4n) is 4.57. The Morgan fingerprint density at radius 2 is 1.96 bits per heavy atom. The average Bonchev–Trinajstić information content (AvgIpc) is 3.06. The van der Waals surface area contributed by atoms with Gasteiger partial charge in [-0.3, -0.25) is 9.69 Å². The lowest BCUT2D eigenvalue weighted by Crippen LogP contribution is -2.57. The molecule has 2 N–H and O–H groups in total. The second kappa shape index (κ2) is 8.36. The van der Waals surface area contributed by atoms with E-state index in [4.69, 9.17) is 9.84 Å². The summed E-state index contributed by atoms with van der Waals surface area (Å²) in [6.07, 6.45) is 6.00. The molecule has 142 valence electrons. The SMILES string of the molecule is CCN(CC(=O)O)C1CC(NC(=O)N2CCCC2C2CCOCC2)C1. The highest BCUT2D eigenvalue weighted by Crippen LogP contribution is 2.31. The van der Waals surface area contributed by atoms with E-state index in [9.17, 15) is 9.59 Å². The van der Waals surface area contributed by atoms with E-state index in [0.29, 0.717) is 12.0 Å². The summed E-state index contributed by atoms with van der Waals surface area (Å²) in [6, 6.07) is 0.880. The van der Waals surface area contributed by atoms with Gasteiger partial charge in [-0.25, -0.2) is 4.79 Å². The van der Waals surface area contributed by atoms with Crippen LogP contribution in [0.15, 0.2) is 0 Å². The van der Waals surface area contributed by atoms with Crippen molar-refractivity contribution < 1.29 is 19.4 Å². The number of rotatable bonds is 6. The quantitative estimate of drug-likeness (QED) is 0.757. The molecule has 0 aromatic heterocycles. The fraction of sp³-hybridized carbons (Fsp3) is 0.889. The molecule has 3 rings (SSSR count). The maximum Gasteiger partial charge on any atom is 0.317 e. The van der Waals surface area contributed by atoms with Gasteiger partial charge in [-0.15, -0.1) is 0 Å². The summed E-state index contributed by atoms with van der Waals surface area (Å²) < 4.78 is 5.45. The number of nitrogens with one attached hydrogen (secondary N) is 1. The summed E-state index contributed by atoms with van der Waals surface area (Å²) in [5.74, 6) is -0.215. The van der Waals surface area contributed by atoms with Crippen LogP contribution in [0.25, 0.3) is 0 Å². The first kappa shape index (κ1) is 18.5. The predicted octanol–water partition coefficient (Wildman–Crippen LogP) is 1.52. The van der Waals surface area contributed by atoms with Gasteiger partial charge in [0.25, 0.3) is 0 Å². The summed E-state index contributed by atoms with van der Waals surface area (Å²) in [5.41, 5.74) is 0. The molecule has 3 fully saturated rings. The summed E-state index contributed by atoms with van der Waals surface area (Å²) in [6.45, 7) is 5.28. The average molecular weight is 353 g/mol. The van der Waals surface area contributed by atoms with Crippen LogP contribution < -0.4 is 5.32 Å². The van der Waals surface area contributed by atoms with Gasteiger partial charge in [0, 0.05) is 37.9 Å². The lowest BCUT2D eigenvalue weighted by Gasteiger charge is -2.43. The van der Waals surface area contributed by atoms with Gasteiger partial charge < -0.3 is 20.1 Å². The minimum atomic E-state index is -0.786. The molecule has 0 spiro atoms. The molecule has 1 saturated carbocycles. The van der Waals surface area contributed by atoms with Gasteiger partial charge in [-0.05, 0) is 51.0 Å². The zero-order valence-corrected chi connectivity index (χ0v) is 15.2. The molecule has 7 heteroatoms. The minimum absolute atomic E-state index is 0.0683. The van der Waals surface area contributed by atoms with Crippen molar-refractivity contribution in [3.63, 3.8) is 0 Å². The van der Waals surface area contributed by atoms with Gasteiger partial charge in [-0.2, -0.15) is 0 Å². The molecular formula is C18H31N3O4. The van der Waals surface area contributed by atoms with Crippen LogP contribution in [0.4, 0.5) is 4.79 Å². The smallest absolute Gasteiger partial charge is 0.317 e. The topological polar surface area (TPSA) is 82.1 Å². The molecular weight excluding hydrogens is 322 g/mol.